The molecule has 0 aliphatic carbocycles. The number of rotatable bonds is 5. The Labute approximate surface area is 166 Å². The Balaban J connectivity index is 1.91. The Morgan fingerprint density at radius 3 is 2.00 bits per heavy atom. The second-order valence-corrected chi connectivity index (χ2v) is 5.91. The van der Waals surface area contributed by atoms with Crippen molar-refractivity contribution in [1.82, 2.24) is 4.98 Å². The Kier molecular flexibility index (Phi) is 5.73. The normalized spacial score (nSPS) is 10.3. The summed E-state index contributed by atoms with van der Waals surface area (Å²) < 4.78 is 20.2. The van der Waals surface area contributed by atoms with E-state index in [-0.39, 0.29) is 34.2 Å². The number of aryl methyl sites for hydroxylation is 1. The van der Waals surface area contributed by atoms with Crippen LogP contribution in [0.2, 0.25) is 0 Å². The lowest BCUT2D eigenvalue weighted by Gasteiger charge is -2.08. The van der Waals surface area contributed by atoms with E-state index >= 15 is 0 Å². The standard InChI is InChI=1S/C21H17NO7/c1-12-17(22-18(28-12)13-7-5-4-6-8-13)21(25)29-16-10-14(19(23)26-2)9-15(11-16)20(24)27-3/h4-11H,1-3H3. The minimum absolute atomic E-state index is 0.0213. The van der Waals surface area contributed by atoms with Crippen LogP contribution in [0.5, 0.6) is 5.75 Å². The van der Waals surface area contributed by atoms with Gasteiger partial charge in [-0.1, -0.05) is 18.2 Å². The largest absolute Gasteiger partial charge is 0.465 e. The van der Waals surface area contributed by atoms with Gasteiger partial charge in [-0.2, -0.15) is 0 Å². The molecule has 0 saturated heterocycles. The second-order valence-electron chi connectivity index (χ2n) is 5.91. The number of carbonyl (C=O) groups excluding carboxylic acids is 3. The van der Waals surface area contributed by atoms with Crippen LogP contribution >= 0.6 is 0 Å². The van der Waals surface area contributed by atoms with Gasteiger partial charge in [-0.15, -0.1) is 0 Å². The molecule has 1 heterocycles. The molecule has 148 valence electrons. The highest BCUT2D eigenvalue weighted by atomic mass is 16.5. The molecule has 3 aromatic rings. The van der Waals surface area contributed by atoms with Gasteiger partial charge in [-0.3, -0.25) is 0 Å². The van der Waals surface area contributed by atoms with E-state index in [2.05, 4.69) is 14.5 Å². The molecular formula is C21H17NO7. The first kappa shape index (κ1) is 19.8. The SMILES string of the molecule is COC(=O)c1cc(OC(=O)c2nc(-c3ccccc3)oc2C)cc(C(=O)OC)c1. The molecule has 8 nitrogen and oxygen atoms in total. The van der Waals surface area contributed by atoms with Crippen LogP contribution in [0, 0.1) is 6.92 Å². The van der Waals surface area contributed by atoms with E-state index in [0.29, 0.717) is 5.56 Å². The summed E-state index contributed by atoms with van der Waals surface area (Å²) in [7, 11) is 2.39. The molecule has 0 atom stereocenters. The van der Waals surface area contributed by atoms with Crippen LogP contribution < -0.4 is 4.74 Å². The van der Waals surface area contributed by atoms with Crippen LogP contribution in [0.4, 0.5) is 0 Å². The lowest BCUT2D eigenvalue weighted by atomic mass is 10.1. The van der Waals surface area contributed by atoms with E-state index in [4.69, 9.17) is 9.15 Å². The lowest BCUT2D eigenvalue weighted by Crippen LogP contribution is -2.13. The molecule has 0 aliphatic rings. The minimum Gasteiger partial charge on any atom is -0.465 e. The lowest BCUT2D eigenvalue weighted by molar-refractivity contribution is 0.0593. The summed E-state index contributed by atoms with van der Waals surface area (Å²) in [4.78, 5) is 40.5. The van der Waals surface area contributed by atoms with Crippen LogP contribution in [-0.2, 0) is 9.47 Å². The maximum Gasteiger partial charge on any atom is 0.366 e. The molecule has 29 heavy (non-hydrogen) atoms. The number of esters is 3. The highest BCUT2D eigenvalue weighted by Crippen LogP contribution is 2.24. The fraction of sp³-hybridized carbons (Fsp3) is 0.143. The number of oxazole rings is 1. The predicted octanol–water partition coefficient (Wildman–Crippen LogP) is 3.44. The molecular weight excluding hydrogens is 378 g/mol. The third-order valence-electron chi connectivity index (χ3n) is 3.97. The summed E-state index contributed by atoms with van der Waals surface area (Å²) in [5.41, 5.74) is 0.738. The Morgan fingerprint density at radius 1 is 0.862 bits per heavy atom. The van der Waals surface area contributed by atoms with Gasteiger partial charge in [-0.25, -0.2) is 19.4 Å². The first-order valence-corrected chi connectivity index (χ1v) is 8.49. The van der Waals surface area contributed by atoms with Gasteiger partial charge >= 0.3 is 17.9 Å². The number of methoxy groups -OCH3 is 2. The Morgan fingerprint density at radius 2 is 1.45 bits per heavy atom. The van der Waals surface area contributed by atoms with Gasteiger partial charge in [0.15, 0.2) is 5.69 Å². The molecule has 0 N–H and O–H groups in total. The van der Waals surface area contributed by atoms with Gasteiger partial charge in [-0.05, 0) is 37.3 Å². The van der Waals surface area contributed by atoms with E-state index in [9.17, 15) is 14.4 Å². The molecule has 1 aromatic heterocycles. The Bertz CT molecular complexity index is 1040. The van der Waals surface area contributed by atoms with E-state index in [1.54, 1.807) is 19.1 Å². The third-order valence-corrected chi connectivity index (χ3v) is 3.97. The average Bonchev–Trinajstić information content (AvgIpc) is 3.14. The molecule has 0 unspecified atom stereocenters. The molecule has 0 fully saturated rings. The van der Waals surface area contributed by atoms with Crippen molar-refractivity contribution in [3.63, 3.8) is 0 Å². The first-order chi connectivity index (χ1) is 13.9. The zero-order chi connectivity index (χ0) is 21.0. The van der Waals surface area contributed by atoms with Gasteiger partial charge in [0.2, 0.25) is 5.89 Å². The maximum atomic E-state index is 12.6. The summed E-state index contributed by atoms with van der Waals surface area (Å²) in [6, 6.07) is 12.9. The predicted molar refractivity (Wildman–Crippen MR) is 101 cm³/mol. The van der Waals surface area contributed by atoms with Crippen LogP contribution in [0.15, 0.2) is 52.9 Å². The molecule has 0 saturated carbocycles. The van der Waals surface area contributed by atoms with Gasteiger partial charge in [0, 0.05) is 5.56 Å². The fourth-order valence-electron chi connectivity index (χ4n) is 2.57. The van der Waals surface area contributed by atoms with Crippen molar-refractivity contribution in [2.75, 3.05) is 14.2 Å². The second kappa shape index (κ2) is 8.39. The van der Waals surface area contributed by atoms with Crippen molar-refractivity contribution in [2.24, 2.45) is 0 Å². The van der Waals surface area contributed by atoms with Crippen LogP contribution in [-0.4, -0.2) is 37.1 Å². The monoisotopic (exact) mass is 395 g/mol. The van der Waals surface area contributed by atoms with E-state index in [1.807, 2.05) is 18.2 Å². The molecule has 3 rings (SSSR count). The fourth-order valence-corrected chi connectivity index (χ4v) is 2.57. The summed E-state index contributed by atoms with van der Waals surface area (Å²) in [5, 5.41) is 0. The van der Waals surface area contributed by atoms with Gasteiger partial charge in [0.25, 0.3) is 0 Å². The number of carbonyl (C=O) groups is 3. The smallest absolute Gasteiger partial charge is 0.366 e. The van der Waals surface area contributed by atoms with E-state index in [0.717, 1.165) is 0 Å². The highest BCUT2D eigenvalue weighted by Gasteiger charge is 2.22. The van der Waals surface area contributed by atoms with Crippen molar-refractivity contribution >= 4 is 17.9 Å². The van der Waals surface area contributed by atoms with E-state index in [1.165, 1.54) is 32.4 Å². The zero-order valence-corrected chi connectivity index (χ0v) is 15.9. The number of ether oxygens (including phenoxy) is 3. The molecule has 0 aliphatic heterocycles. The molecule has 0 amide bonds. The van der Waals surface area contributed by atoms with Gasteiger partial charge in [0.05, 0.1) is 25.3 Å². The number of hydrogen-bond donors (Lipinski definition) is 0. The molecule has 2 aromatic carbocycles. The number of hydrogen-bond acceptors (Lipinski definition) is 8. The summed E-state index contributed by atoms with van der Waals surface area (Å²) >= 11 is 0. The quantitative estimate of drug-likeness (QED) is 0.478. The molecule has 8 heteroatoms. The zero-order valence-electron chi connectivity index (χ0n) is 15.9. The Hall–Kier alpha value is -3.94. The van der Waals surface area contributed by atoms with Crippen LogP contribution in [0.1, 0.15) is 37.0 Å². The van der Waals surface area contributed by atoms with E-state index < -0.39 is 17.9 Å². The summed E-state index contributed by atoms with van der Waals surface area (Å²) in [6.45, 7) is 1.58. The van der Waals surface area contributed by atoms with Gasteiger partial charge in [0.1, 0.15) is 11.5 Å². The average molecular weight is 395 g/mol. The summed E-state index contributed by atoms with van der Waals surface area (Å²) in [6.07, 6.45) is 0. The highest BCUT2D eigenvalue weighted by molar-refractivity contribution is 5.97. The number of benzene rings is 2. The maximum absolute atomic E-state index is 12.6. The molecule has 0 spiro atoms. The van der Waals surface area contributed by atoms with Gasteiger partial charge < -0.3 is 18.6 Å². The van der Waals surface area contributed by atoms with Crippen molar-refractivity contribution in [3.05, 3.63) is 71.1 Å². The van der Waals surface area contributed by atoms with Crippen LogP contribution in [0.3, 0.4) is 0 Å². The van der Waals surface area contributed by atoms with Crippen molar-refractivity contribution in [3.8, 4) is 17.2 Å². The minimum atomic E-state index is -0.800. The topological polar surface area (TPSA) is 105 Å². The third kappa shape index (κ3) is 4.32. The molecule has 0 bridgehead atoms. The number of nitrogens with zero attached hydrogens (tertiary/aromatic N) is 1. The van der Waals surface area contributed by atoms with Crippen molar-refractivity contribution in [1.29, 1.82) is 0 Å². The van der Waals surface area contributed by atoms with Crippen LogP contribution in [0.25, 0.3) is 11.5 Å². The van der Waals surface area contributed by atoms with Crippen molar-refractivity contribution < 1.29 is 33.0 Å². The molecule has 0 radical (unpaired) electrons. The number of aromatic nitrogens is 1. The van der Waals surface area contributed by atoms with Crippen molar-refractivity contribution in [2.45, 2.75) is 6.92 Å². The first-order valence-electron chi connectivity index (χ1n) is 8.49. The summed E-state index contributed by atoms with van der Waals surface area (Å²) in [5.74, 6) is -1.69.